The number of rotatable bonds is 2. The Morgan fingerprint density at radius 2 is 1.95 bits per heavy atom. The van der Waals surface area contributed by atoms with Crippen LogP contribution in [0.3, 0.4) is 0 Å². The summed E-state index contributed by atoms with van der Waals surface area (Å²) in [6, 6.07) is 14.4. The molecule has 19 heavy (non-hydrogen) atoms. The minimum absolute atomic E-state index is 0.397. The van der Waals surface area contributed by atoms with Crippen molar-refractivity contribution >= 4 is 22.9 Å². The molecule has 0 aliphatic rings. The summed E-state index contributed by atoms with van der Waals surface area (Å²) in [4.78, 5) is 4.11. The Morgan fingerprint density at radius 3 is 2.74 bits per heavy atom. The Balaban J connectivity index is 2.04. The van der Waals surface area contributed by atoms with Crippen molar-refractivity contribution in [3.05, 3.63) is 59.9 Å². The number of nitrogens with zero attached hydrogens (tertiary/aromatic N) is 3. The molecule has 3 rings (SSSR count). The van der Waals surface area contributed by atoms with Gasteiger partial charge in [0, 0.05) is 5.56 Å². The Bertz CT molecular complexity index is 750. The number of benzene rings is 2. The smallest absolute Gasteiger partial charge is 0.221 e. The third-order valence-corrected chi connectivity index (χ3v) is 2.98. The summed E-state index contributed by atoms with van der Waals surface area (Å²) in [7, 11) is 0. The molecule has 3 aromatic rings. The number of nitrogen functional groups attached to an aromatic ring is 1. The predicted octanol–water partition coefficient (Wildman–Crippen LogP) is 2.81. The fourth-order valence-corrected chi connectivity index (χ4v) is 2.08. The Labute approximate surface area is 111 Å². The summed E-state index contributed by atoms with van der Waals surface area (Å²) in [6.45, 7) is 1.89. The van der Waals surface area contributed by atoms with Gasteiger partial charge < -0.3 is 5.73 Å². The van der Waals surface area contributed by atoms with Crippen LogP contribution < -0.4 is 5.73 Å². The van der Waals surface area contributed by atoms with Gasteiger partial charge >= 0.3 is 0 Å². The molecule has 2 aromatic carbocycles. The zero-order chi connectivity index (χ0) is 13.2. The van der Waals surface area contributed by atoms with Crippen LogP contribution in [0.15, 0.2) is 53.8 Å². The van der Waals surface area contributed by atoms with Crippen LogP contribution in [-0.2, 0) is 0 Å². The monoisotopic (exact) mass is 250 g/mol. The normalized spacial score (nSPS) is 11.4. The molecule has 0 aliphatic heterocycles. The van der Waals surface area contributed by atoms with Crippen LogP contribution in [-0.4, -0.2) is 15.9 Å². The fourth-order valence-electron chi connectivity index (χ4n) is 2.08. The molecule has 0 atom stereocenters. The van der Waals surface area contributed by atoms with Gasteiger partial charge in [0.2, 0.25) is 5.95 Å². The Kier molecular flexibility index (Phi) is 2.76. The maximum absolute atomic E-state index is 5.76. The molecule has 0 saturated heterocycles. The van der Waals surface area contributed by atoms with Crippen LogP contribution in [0.2, 0.25) is 0 Å². The van der Waals surface area contributed by atoms with Crippen LogP contribution in [0, 0.1) is 6.92 Å². The van der Waals surface area contributed by atoms with Crippen molar-refractivity contribution in [2.75, 3.05) is 5.73 Å². The summed E-state index contributed by atoms with van der Waals surface area (Å²) in [5.41, 5.74) is 7.67. The molecule has 0 amide bonds. The molecule has 0 fully saturated rings. The van der Waals surface area contributed by atoms with Gasteiger partial charge in [-0.05, 0) is 17.7 Å². The van der Waals surface area contributed by atoms with Crippen molar-refractivity contribution in [3.8, 4) is 0 Å². The molecule has 4 nitrogen and oxygen atoms in total. The number of aromatic nitrogens is 2. The minimum atomic E-state index is 0.397. The third-order valence-electron chi connectivity index (χ3n) is 2.98. The van der Waals surface area contributed by atoms with Crippen LogP contribution in [0.4, 0.5) is 5.95 Å². The lowest BCUT2D eigenvalue weighted by Gasteiger charge is -2.01. The lowest BCUT2D eigenvalue weighted by Crippen LogP contribution is -1.97. The van der Waals surface area contributed by atoms with E-state index < -0.39 is 0 Å². The van der Waals surface area contributed by atoms with Gasteiger partial charge in [-0.15, -0.1) is 0 Å². The van der Waals surface area contributed by atoms with Gasteiger partial charge in [-0.25, -0.2) is 9.66 Å². The maximum Gasteiger partial charge on any atom is 0.221 e. The van der Waals surface area contributed by atoms with Gasteiger partial charge in [-0.3, -0.25) is 0 Å². The SMILES string of the molecule is Cc1cn(N=Cc2cccc3ccccc23)c(N)n1. The summed E-state index contributed by atoms with van der Waals surface area (Å²) in [5, 5.41) is 6.72. The standard InChI is InChI=1S/C15H14N4/c1-11-10-19(15(16)18-11)17-9-13-7-4-6-12-5-2-3-8-14(12)13/h2-10H,1H3,(H2,16,18). The highest BCUT2D eigenvalue weighted by molar-refractivity contribution is 5.99. The van der Waals surface area contributed by atoms with Gasteiger partial charge in [-0.1, -0.05) is 42.5 Å². The van der Waals surface area contributed by atoms with Gasteiger partial charge in [0.15, 0.2) is 0 Å². The molecule has 1 aromatic heterocycles. The first-order chi connectivity index (χ1) is 9.24. The molecule has 0 bridgehead atoms. The number of fused-ring (bicyclic) bond motifs is 1. The second-order valence-corrected chi connectivity index (χ2v) is 4.40. The lowest BCUT2D eigenvalue weighted by molar-refractivity contribution is 0.897. The number of imidazole rings is 1. The number of nitrogens with two attached hydrogens (primary N) is 1. The molecule has 0 saturated carbocycles. The first-order valence-corrected chi connectivity index (χ1v) is 6.07. The molecule has 1 heterocycles. The molecule has 0 spiro atoms. The van der Waals surface area contributed by atoms with E-state index >= 15 is 0 Å². The molecule has 2 N–H and O–H groups in total. The Morgan fingerprint density at radius 1 is 1.16 bits per heavy atom. The number of hydrogen-bond acceptors (Lipinski definition) is 3. The molecule has 94 valence electrons. The Hall–Kier alpha value is -2.62. The molecular formula is C15H14N4. The average molecular weight is 250 g/mol. The van der Waals surface area contributed by atoms with Gasteiger partial charge in [-0.2, -0.15) is 5.10 Å². The number of aryl methyl sites for hydroxylation is 1. The highest BCUT2D eigenvalue weighted by atomic mass is 15.4. The molecule has 0 unspecified atom stereocenters. The topological polar surface area (TPSA) is 56.2 Å². The van der Waals surface area contributed by atoms with Crippen LogP contribution in [0.1, 0.15) is 11.3 Å². The maximum atomic E-state index is 5.76. The van der Waals surface area contributed by atoms with Crippen molar-refractivity contribution in [2.24, 2.45) is 5.10 Å². The van der Waals surface area contributed by atoms with Gasteiger partial charge in [0.1, 0.15) is 0 Å². The first kappa shape index (κ1) is 11.5. The largest absolute Gasteiger partial charge is 0.368 e. The van der Waals surface area contributed by atoms with Crippen LogP contribution in [0.5, 0.6) is 0 Å². The number of hydrogen-bond donors (Lipinski definition) is 1. The van der Waals surface area contributed by atoms with Crippen molar-refractivity contribution in [3.63, 3.8) is 0 Å². The third kappa shape index (κ3) is 2.20. The van der Waals surface area contributed by atoms with E-state index in [9.17, 15) is 0 Å². The summed E-state index contributed by atoms with van der Waals surface area (Å²) in [6.07, 6.45) is 3.61. The van der Waals surface area contributed by atoms with Gasteiger partial charge in [0.25, 0.3) is 0 Å². The minimum Gasteiger partial charge on any atom is -0.368 e. The van der Waals surface area contributed by atoms with E-state index in [-0.39, 0.29) is 0 Å². The quantitative estimate of drug-likeness (QED) is 0.711. The lowest BCUT2D eigenvalue weighted by atomic mass is 10.1. The van der Waals surface area contributed by atoms with E-state index in [0.717, 1.165) is 11.3 Å². The summed E-state index contributed by atoms with van der Waals surface area (Å²) < 4.78 is 1.58. The van der Waals surface area contributed by atoms with Gasteiger partial charge in [0.05, 0.1) is 18.1 Å². The van der Waals surface area contributed by atoms with E-state index in [4.69, 9.17) is 5.73 Å². The highest BCUT2D eigenvalue weighted by Crippen LogP contribution is 2.17. The van der Waals surface area contributed by atoms with Crippen LogP contribution in [0.25, 0.3) is 10.8 Å². The second kappa shape index (κ2) is 4.57. The fraction of sp³-hybridized carbons (Fsp3) is 0.0667. The van der Waals surface area contributed by atoms with Crippen molar-refractivity contribution in [2.45, 2.75) is 6.92 Å². The van der Waals surface area contributed by atoms with Crippen LogP contribution >= 0.6 is 0 Å². The van der Waals surface area contributed by atoms with E-state index in [2.05, 4.69) is 28.3 Å². The zero-order valence-electron chi connectivity index (χ0n) is 10.6. The average Bonchev–Trinajstić information content (AvgIpc) is 2.74. The molecule has 0 radical (unpaired) electrons. The van der Waals surface area contributed by atoms with E-state index in [1.165, 1.54) is 10.8 Å². The summed E-state index contributed by atoms with van der Waals surface area (Å²) >= 11 is 0. The van der Waals surface area contributed by atoms with E-state index in [1.807, 2.05) is 31.2 Å². The van der Waals surface area contributed by atoms with Crippen molar-refractivity contribution in [1.29, 1.82) is 0 Å². The zero-order valence-corrected chi connectivity index (χ0v) is 10.6. The van der Waals surface area contributed by atoms with E-state index in [1.54, 1.807) is 17.1 Å². The second-order valence-electron chi connectivity index (χ2n) is 4.40. The van der Waals surface area contributed by atoms with E-state index in [0.29, 0.717) is 5.95 Å². The molecule has 4 heteroatoms. The molecular weight excluding hydrogens is 236 g/mol. The van der Waals surface area contributed by atoms with Crippen molar-refractivity contribution < 1.29 is 0 Å². The number of anilines is 1. The predicted molar refractivity (Wildman–Crippen MR) is 78.3 cm³/mol. The molecule has 0 aliphatic carbocycles. The van der Waals surface area contributed by atoms with Crippen molar-refractivity contribution in [1.82, 2.24) is 9.66 Å². The summed E-state index contributed by atoms with van der Waals surface area (Å²) in [5.74, 6) is 0.397. The first-order valence-electron chi connectivity index (χ1n) is 6.07. The highest BCUT2D eigenvalue weighted by Gasteiger charge is 2.00.